The number of hydrogen-bond donors (Lipinski definition) is 0. The lowest BCUT2D eigenvalue weighted by Gasteiger charge is -2.08. The average molecular weight is 304 g/mol. The van der Waals surface area contributed by atoms with Gasteiger partial charge in [-0.2, -0.15) is 0 Å². The van der Waals surface area contributed by atoms with Crippen molar-refractivity contribution in [3.8, 4) is 5.88 Å². The number of nitrogens with zero attached hydrogens (tertiary/aromatic N) is 2. The van der Waals surface area contributed by atoms with Crippen molar-refractivity contribution in [2.24, 2.45) is 0 Å². The van der Waals surface area contributed by atoms with Gasteiger partial charge in [-0.05, 0) is 23.8 Å². The normalized spacial score (nSPS) is 10.9. The van der Waals surface area contributed by atoms with Gasteiger partial charge in [0, 0.05) is 12.5 Å². The molecule has 0 unspecified atom stereocenters. The summed E-state index contributed by atoms with van der Waals surface area (Å²) in [6.07, 6.45) is 1.45. The Morgan fingerprint density at radius 2 is 1.82 bits per heavy atom. The molecule has 0 N–H and O–H groups in total. The van der Waals surface area contributed by atoms with E-state index >= 15 is 0 Å². The quantitative estimate of drug-likeness (QED) is 0.737. The third-order valence-corrected chi connectivity index (χ3v) is 3.20. The molecule has 2 aromatic carbocycles. The topological polar surface area (TPSA) is 35.0 Å². The second kappa shape index (κ2) is 6.01. The van der Waals surface area contributed by atoms with Gasteiger partial charge in [-0.1, -0.05) is 12.1 Å². The van der Waals surface area contributed by atoms with Crippen molar-refractivity contribution >= 4 is 10.9 Å². The van der Waals surface area contributed by atoms with Crippen LogP contribution in [0.2, 0.25) is 0 Å². The van der Waals surface area contributed by atoms with Gasteiger partial charge in [0.05, 0.1) is 12.0 Å². The van der Waals surface area contributed by atoms with Gasteiger partial charge in [0.15, 0.2) is 0 Å². The molecule has 0 saturated carbocycles. The number of rotatable bonds is 4. The van der Waals surface area contributed by atoms with Gasteiger partial charge in [-0.15, -0.1) is 0 Å². The zero-order valence-corrected chi connectivity index (χ0v) is 11.4. The maximum absolute atomic E-state index is 13.6. The zero-order valence-electron chi connectivity index (χ0n) is 11.4. The summed E-state index contributed by atoms with van der Waals surface area (Å²) in [5.74, 6) is -1.48. The number of aromatic nitrogens is 2. The number of fused-ring (bicyclic) bond motifs is 1. The van der Waals surface area contributed by atoms with Crippen molar-refractivity contribution in [1.82, 2.24) is 9.97 Å². The minimum Gasteiger partial charge on any atom is -0.477 e. The first-order chi connectivity index (χ1) is 10.6. The van der Waals surface area contributed by atoms with E-state index in [1.165, 1.54) is 30.6 Å². The van der Waals surface area contributed by atoms with E-state index in [1.54, 1.807) is 6.07 Å². The van der Waals surface area contributed by atoms with Crippen LogP contribution in [0.3, 0.4) is 0 Å². The highest BCUT2D eigenvalue weighted by Gasteiger charge is 2.09. The number of hydrogen-bond acceptors (Lipinski definition) is 3. The van der Waals surface area contributed by atoms with Crippen molar-refractivity contribution in [1.29, 1.82) is 0 Å². The van der Waals surface area contributed by atoms with Crippen LogP contribution in [0.1, 0.15) is 5.56 Å². The van der Waals surface area contributed by atoms with Crippen LogP contribution >= 0.6 is 0 Å². The lowest BCUT2D eigenvalue weighted by Crippen LogP contribution is -2.05. The van der Waals surface area contributed by atoms with Crippen LogP contribution in [0.4, 0.5) is 13.2 Å². The van der Waals surface area contributed by atoms with E-state index in [0.717, 1.165) is 6.07 Å². The Hall–Kier alpha value is -2.63. The molecule has 1 aromatic heterocycles. The molecule has 0 aliphatic rings. The molecule has 0 amide bonds. The van der Waals surface area contributed by atoms with Gasteiger partial charge < -0.3 is 4.74 Å². The first-order valence-corrected chi connectivity index (χ1v) is 6.61. The number of ether oxygens (including phenoxy) is 1. The highest BCUT2D eigenvalue weighted by atomic mass is 19.1. The Morgan fingerprint density at radius 3 is 2.64 bits per heavy atom. The Balaban J connectivity index is 1.76. The molecule has 0 radical (unpaired) electrons. The second-order valence-electron chi connectivity index (χ2n) is 4.65. The first-order valence-electron chi connectivity index (χ1n) is 6.61. The van der Waals surface area contributed by atoms with Gasteiger partial charge in [-0.25, -0.2) is 23.1 Å². The summed E-state index contributed by atoms with van der Waals surface area (Å²) in [5, 5.41) is 0.446. The molecule has 112 valence electrons. The summed E-state index contributed by atoms with van der Waals surface area (Å²) < 4.78 is 45.4. The summed E-state index contributed by atoms with van der Waals surface area (Å²) in [5.41, 5.74) is 0.506. The lowest BCUT2D eigenvalue weighted by atomic mass is 10.1. The molecule has 0 aliphatic heterocycles. The fourth-order valence-electron chi connectivity index (χ4n) is 2.12. The standard InChI is InChI=1S/C16H11F3N2O/c17-11-5-4-10(14(19)8-11)6-7-22-16-12-2-1-3-13(18)15(12)20-9-21-16/h1-5,8-9H,6-7H2. The molecule has 0 atom stereocenters. The summed E-state index contributed by atoms with van der Waals surface area (Å²) in [7, 11) is 0. The second-order valence-corrected chi connectivity index (χ2v) is 4.65. The van der Waals surface area contributed by atoms with Gasteiger partial charge in [0.25, 0.3) is 0 Å². The van der Waals surface area contributed by atoms with Gasteiger partial charge >= 0.3 is 0 Å². The smallest absolute Gasteiger partial charge is 0.224 e. The van der Waals surface area contributed by atoms with E-state index in [0.29, 0.717) is 10.9 Å². The highest BCUT2D eigenvalue weighted by Crippen LogP contribution is 2.23. The van der Waals surface area contributed by atoms with Gasteiger partial charge in [0.2, 0.25) is 5.88 Å². The summed E-state index contributed by atoms with van der Waals surface area (Å²) in [6, 6.07) is 7.86. The van der Waals surface area contributed by atoms with Gasteiger partial charge in [0.1, 0.15) is 29.3 Å². The van der Waals surface area contributed by atoms with Crippen molar-refractivity contribution in [2.75, 3.05) is 6.61 Å². The highest BCUT2D eigenvalue weighted by molar-refractivity contribution is 5.83. The van der Waals surface area contributed by atoms with Crippen molar-refractivity contribution in [3.05, 3.63) is 65.7 Å². The number of halogens is 3. The predicted octanol–water partition coefficient (Wildman–Crippen LogP) is 3.67. The molecule has 1 heterocycles. The summed E-state index contributed by atoms with van der Waals surface area (Å²) in [4.78, 5) is 7.83. The molecule has 0 saturated heterocycles. The Labute approximate surface area is 124 Å². The van der Waals surface area contributed by atoms with Crippen molar-refractivity contribution in [2.45, 2.75) is 6.42 Å². The minimum absolute atomic E-state index is 0.130. The molecule has 0 spiro atoms. The van der Waals surface area contributed by atoms with Crippen molar-refractivity contribution in [3.63, 3.8) is 0 Å². The van der Waals surface area contributed by atoms with Crippen LogP contribution in [-0.2, 0) is 6.42 Å². The molecular formula is C16H11F3N2O. The Kier molecular flexibility index (Phi) is 3.91. The monoisotopic (exact) mass is 304 g/mol. The fraction of sp³-hybridized carbons (Fsp3) is 0.125. The lowest BCUT2D eigenvalue weighted by molar-refractivity contribution is 0.311. The zero-order chi connectivity index (χ0) is 15.5. The van der Waals surface area contributed by atoms with E-state index < -0.39 is 17.5 Å². The van der Waals surface area contributed by atoms with Crippen LogP contribution in [0, 0.1) is 17.5 Å². The average Bonchev–Trinajstić information content (AvgIpc) is 2.50. The maximum Gasteiger partial charge on any atom is 0.224 e. The van der Waals surface area contributed by atoms with Crippen LogP contribution < -0.4 is 4.74 Å². The molecule has 0 fully saturated rings. The van der Waals surface area contributed by atoms with Crippen LogP contribution in [0.15, 0.2) is 42.7 Å². The largest absolute Gasteiger partial charge is 0.477 e. The summed E-state index contributed by atoms with van der Waals surface area (Å²) >= 11 is 0. The third-order valence-electron chi connectivity index (χ3n) is 3.20. The molecule has 0 bridgehead atoms. The van der Waals surface area contributed by atoms with Gasteiger partial charge in [-0.3, -0.25) is 0 Å². The Morgan fingerprint density at radius 1 is 0.955 bits per heavy atom. The van der Waals surface area contributed by atoms with Crippen molar-refractivity contribution < 1.29 is 17.9 Å². The van der Waals surface area contributed by atoms with E-state index in [9.17, 15) is 13.2 Å². The number of para-hydroxylation sites is 1. The van der Waals surface area contributed by atoms with E-state index in [-0.39, 0.29) is 24.4 Å². The summed E-state index contributed by atoms with van der Waals surface area (Å²) in [6.45, 7) is 0.130. The molecule has 6 heteroatoms. The molecule has 3 rings (SSSR count). The SMILES string of the molecule is Fc1ccc(CCOc2ncnc3c(F)cccc23)c(F)c1. The minimum atomic E-state index is -0.626. The molecule has 3 aromatic rings. The van der Waals surface area contributed by atoms with E-state index in [2.05, 4.69) is 9.97 Å². The predicted molar refractivity (Wildman–Crippen MR) is 75.1 cm³/mol. The molecule has 3 nitrogen and oxygen atoms in total. The third kappa shape index (κ3) is 2.86. The van der Waals surface area contributed by atoms with Crippen LogP contribution in [0.25, 0.3) is 10.9 Å². The van der Waals surface area contributed by atoms with Crippen LogP contribution in [0.5, 0.6) is 5.88 Å². The first kappa shape index (κ1) is 14.3. The maximum atomic E-state index is 13.6. The van der Waals surface area contributed by atoms with Crippen LogP contribution in [-0.4, -0.2) is 16.6 Å². The van der Waals surface area contributed by atoms with E-state index in [1.807, 2.05) is 0 Å². The Bertz CT molecular complexity index is 824. The number of benzene rings is 2. The molecule has 0 aliphatic carbocycles. The molecule has 22 heavy (non-hydrogen) atoms. The fourth-order valence-corrected chi connectivity index (χ4v) is 2.12. The van der Waals surface area contributed by atoms with E-state index in [4.69, 9.17) is 4.74 Å². The molecular weight excluding hydrogens is 293 g/mol.